The van der Waals surface area contributed by atoms with Crippen molar-refractivity contribution in [3.63, 3.8) is 0 Å². The van der Waals surface area contributed by atoms with Crippen LogP contribution in [-0.2, 0) is 0 Å². The maximum absolute atomic E-state index is 5.70. The standard InChI is InChI=1S/C9H9N3/c1-6-5-11-9-7(10)3-2-4-8(9)12-6/h2-5H,10H2,1H3. The summed E-state index contributed by atoms with van der Waals surface area (Å²) in [6.07, 6.45) is 1.72. The molecule has 0 aliphatic carbocycles. The zero-order valence-electron chi connectivity index (χ0n) is 6.78. The first-order valence-electron chi connectivity index (χ1n) is 3.75. The summed E-state index contributed by atoms with van der Waals surface area (Å²) < 4.78 is 0. The van der Waals surface area contributed by atoms with Crippen molar-refractivity contribution in [2.45, 2.75) is 6.92 Å². The Balaban J connectivity index is 2.86. The Kier molecular flexibility index (Phi) is 1.43. The van der Waals surface area contributed by atoms with E-state index >= 15 is 0 Å². The third-order valence-corrected chi connectivity index (χ3v) is 1.72. The fourth-order valence-electron chi connectivity index (χ4n) is 1.16. The number of aromatic nitrogens is 2. The Morgan fingerprint density at radius 3 is 3.00 bits per heavy atom. The van der Waals surface area contributed by atoms with Crippen molar-refractivity contribution >= 4 is 16.7 Å². The lowest BCUT2D eigenvalue weighted by Gasteiger charge is -1.99. The van der Waals surface area contributed by atoms with Crippen molar-refractivity contribution in [3.05, 3.63) is 30.1 Å². The highest BCUT2D eigenvalue weighted by Crippen LogP contribution is 2.15. The minimum absolute atomic E-state index is 0.681. The van der Waals surface area contributed by atoms with Crippen LogP contribution in [0.4, 0.5) is 5.69 Å². The summed E-state index contributed by atoms with van der Waals surface area (Å²) in [5.74, 6) is 0. The van der Waals surface area contributed by atoms with Crippen molar-refractivity contribution in [2.24, 2.45) is 0 Å². The van der Waals surface area contributed by atoms with Gasteiger partial charge in [-0.15, -0.1) is 0 Å². The van der Waals surface area contributed by atoms with Gasteiger partial charge in [0.2, 0.25) is 0 Å². The number of anilines is 1. The van der Waals surface area contributed by atoms with E-state index in [0.29, 0.717) is 5.69 Å². The maximum Gasteiger partial charge on any atom is 0.112 e. The number of nitrogen functional groups attached to an aromatic ring is 1. The van der Waals surface area contributed by atoms with Gasteiger partial charge in [-0.1, -0.05) is 6.07 Å². The summed E-state index contributed by atoms with van der Waals surface area (Å²) in [7, 11) is 0. The van der Waals surface area contributed by atoms with E-state index < -0.39 is 0 Å². The van der Waals surface area contributed by atoms with Gasteiger partial charge in [-0.25, -0.2) is 4.98 Å². The molecule has 1 aromatic carbocycles. The van der Waals surface area contributed by atoms with Gasteiger partial charge in [0.25, 0.3) is 0 Å². The molecule has 0 saturated carbocycles. The third kappa shape index (κ3) is 0.993. The highest BCUT2D eigenvalue weighted by Gasteiger charge is 1.98. The van der Waals surface area contributed by atoms with E-state index in [1.807, 2.05) is 25.1 Å². The van der Waals surface area contributed by atoms with Crippen LogP contribution in [0.2, 0.25) is 0 Å². The molecule has 1 aromatic heterocycles. The van der Waals surface area contributed by atoms with Gasteiger partial charge < -0.3 is 5.73 Å². The van der Waals surface area contributed by atoms with E-state index in [4.69, 9.17) is 5.73 Å². The van der Waals surface area contributed by atoms with Gasteiger partial charge in [0.15, 0.2) is 0 Å². The second-order valence-electron chi connectivity index (χ2n) is 2.73. The number of fused-ring (bicyclic) bond motifs is 1. The second kappa shape index (κ2) is 2.44. The van der Waals surface area contributed by atoms with Crippen molar-refractivity contribution in [1.29, 1.82) is 0 Å². The van der Waals surface area contributed by atoms with E-state index in [0.717, 1.165) is 16.7 Å². The second-order valence-corrected chi connectivity index (χ2v) is 2.73. The molecule has 0 bridgehead atoms. The summed E-state index contributed by atoms with van der Waals surface area (Å²) in [6.45, 7) is 1.91. The lowest BCUT2D eigenvalue weighted by Crippen LogP contribution is -1.92. The number of hydrogen-bond acceptors (Lipinski definition) is 3. The normalized spacial score (nSPS) is 10.4. The quantitative estimate of drug-likeness (QED) is 0.593. The van der Waals surface area contributed by atoms with Crippen molar-refractivity contribution in [3.8, 4) is 0 Å². The first-order valence-corrected chi connectivity index (χ1v) is 3.75. The molecular formula is C9H9N3. The number of hydrogen-bond donors (Lipinski definition) is 1. The SMILES string of the molecule is Cc1cnc2c(N)cccc2n1. The molecule has 0 unspecified atom stereocenters. The minimum Gasteiger partial charge on any atom is -0.397 e. The van der Waals surface area contributed by atoms with Gasteiger partial charge in [-0.2, -0.15) is 0 Å². The van der Waals surface area contributed by atoms with E-state index in [1.54, 1.807) is 6.20 Å². The van der Waals surface area contributed by atoms with E-state index in [9.17, 15) is 0 Å². The number of rotatable bonds is 0. The largest absolute Gasteiger partial charge is 0.397 e. The number of para-hydroxylation sites is 1. The van der Waals surface area contributed by atoms with Crippen molar-refractivity contribution < 1.29 is 0 Å². The first kappa shape index (κ1) is 7.03. The number of aryl methyl sites for hydroxylation is 1. The maximum atomic E-state index is 5.70. The fourth-order valence-corrected chi connectivity index (χ4v) is 1.16. The predicted molar refractivity (Wildman–Crippen MR) is 48.7 cm³/mol. The van der Waals surface area contributed by atoms with Gasteiger partial charge in [-0.05, 0) is 19.1 Å². The van der Waals surface area contributed by atoms with E-state index in [-0.39, 0.29) is 0 Å². The zero-order valence-corrected chi connectivity index (χ0v) is 6.78. The van der Waals surface area contributed by atoms with Crippen molar-refractivity contribution in [1.82, 2.24) is 9.97 Å². The lowest BCUT2D eigenvalue weighted by molar-refractivity contribution is 1.19. The van der Waals surface area contributed by atoms with Crippen LogP contribution in [-0.4, -0.2) is 9.97 Å². The highest BCUT2D eigenvalue weighted by atomic mass is 14.8. The average Bonchev–Trinajstić information content (AvgIpc) is 2.04. The van der Waals surface area contributed by atoms with Gasteiger partial charge in [0.05, 0.1) is 16.9 Å². The molecule has 0 fully saturated rings. The third-order valence-electron chi connectivity index (χ3n) is 1.72. The molecule has 0 spiro atoms. The fraction of sp³-hybridized carbons (Fsp3) is 0.111. The molecule has 12 heavy (non-hydrogen) atoms. The molecule has 1 heterocycles. The molecule has 60 valence electrons. The summed E-state index contributed by atoms with van der Waals surface area (Å²) in [4.78, 5) is 8.49. The van der Waals surface area contributed by atoms with Crippen LogP contribution < -0.4 is 5.73 Å². The summed E-state index contributed by atoms with van der Waals surface area (Å²) >= 11 is 0. The molecule has 0 radical (unpaired) electrons. The summed E-state index contributed by atoms with van der Waals surface area (Å²) in [6, 6.07) is 5.61. The van der Waals surface area contributed by atoms with Crippen LogP contribution in [0.15, 0.2) is 24.4 Å². The lowest BCUT2D eigenvalue weighted by atomic mass is 10.2. The van der Waals surface area contributed by atoms with E-state index in [2.05, 4.69) is 9.97 Å². The van der Waals surface area contributed by atoms with Gasteiger partial charge in [0.1, 0.15) is 5.52 Å². The summed E-state index contributed by atoms with van der Waals surface area (Å²) in [5, 5.41) is 0. The Bertz CT molecular complexity index is 423. The Hall–Kier alpha value is -1.64. The van der Waals surface area contributed by atoms with Crippen LogP contribution in [0.3, 0.4) is 0 Å². The topological polar surface area (TPSA) is 51.8 Å². The molecule has 2 aromatic rings. The first-order chi connectivity index (χ1) is 5.77. The van der Waals surface area contributed by atoms with Gasteiger partial charge in [0, 0.05) is 6.20 Å². The molecule has 0 aliphatic heterocycles. The Labute approximate surface area is 70.3 Å². The van der Waals surface area contributed by atoms with E-state index in [1.165, 1.54) is 0 Å². The van der Waals surface area contributed by atoms with Crippen LogP contribution in [0, 0.1) is 6.92 Å². The zero-order chi connectivity index (χ0) is 8.55. The van der Waals surface area contributed by atoms with Crippen LogP contribution in [0.25, 0.3) is 11.0 Å². The molecule has 2 N–H and O–H groups in total. The smallest absolute Gasteiger partial charge is 0.112 e. The molecule has 0 amide bonds. The molecule has 3 nitrogen and oxygen atoms in total. The van der Waals surface area contributed by atoms with Crippen LogP contribution >= 0.6 is 0 Å². The molecule has 0 atom stereocenters. The Morgan fingerprint density at radius 1 is 1.33 bits per heavy atom. The monoisotopic (exact) mass is 159 g/mol. The number of nitrogens with zero attached hydrogens (tertiary/aromatic N) is 2. The van der Waals surface area contributed by atoms with Gasteiger partial charge >= 0.3 is 0 Å². The highest BCUT2D eigenvalue weighted by molar-refractivity contribution is 5.85. The molecule has 2 rings (SSSR count). The Morgan fingerprint density at radius 2 is 2.17 bits per heavy atom. The molecule has 0 saturated heterocycles. The van der Waals surface area contributed by atoms with Gasteiger partial charge in [-0.3, -0.25) is 4.98 Å². The predicted octanol–water partition coefficient (Wildman–Crippen LogP) is 1.52. The molecular weight excluding hydrogens is 150 g/mol. The number of benzene rings is 1. The minimum atomic E-state index is 0.681. The van der Waals surface area contributed by atoms with Crippen molar-refractivity contribution in [2.75, 3.05) is 5.73 Å². The molecule has 0 aliphatic rings. The van der Waals surface area contributed by atoms with Crippen LogP contribution in [0.1, 0.15) is 5.69 Å². The number of nitrogens with two attached hydrogens (primary N) is 1. The molecule has 3 heteroatoms. The average molecular weight is 159 g/mol. The summed E-state index contributed by atoms with van der Waals surface area (Å²) in [5.41, 5.74) is 8.93. The van der Waals surface area contributed by atoms with Crippen LogP contribution in [0.5, 0.6) is 0 Å².